The fourth-order valence-electron chi connectivity index (χ4n) is 7.07. The molecule has 0 unspecified atom stereocenters. The molecule has 0 aromatic heterocycles. The molecule has 0 aliphatic heterocycles. The van der Waals surface area contributed by atoms with Crippen molar-refractivity contribution in [2.45, 2.75) is 258 Å². The largest absolute Gasteiger partial charge is 0.462 e. The molecule has 0 aliphatic carbocycles. The zero-order valence-corrected chi connectivity index (χ0v) is 40.2. The van der Waals surface area contributed by atoms with E-state index in [-0.39, 0.29) is 37.5 Å². The lowest BCUT2D eigenvalue weighted by Gasteiger charge is -2.18. The van der Waals surface area contributed by atoms with Gasteiger partial charge in [0.1, 0.15) is 13.2 Å². The Hall–Kier alpha value is -2.89. The molecule has 352 valence electrons. The first-order valence-corrected chi connectivity index (χ1v) is 25.8. The van der Waals surface area contributed by atoms with Gasteiger partial charge in [-0.05, 0) is 89.9 Å². The van der Waals surface area contributed by atoms with Gasteiger partial charge in [0.25, 0.3) is 0 Å². The molecule has 0 radical (unpaired) electrons. The molecule has 1 atom stereocenters. The molecular weight excluding hydrogens is 757 g/mol. The molecule has 0 N–H and O–H groups in total. The number of carbonyl (C=O) groups is 3. The normalized spacial score (nSPS) is 12.5. The molecule has 0 saturated heterocycles. The molecule has 0 aromatic carbocycles. The van der Waals surface area contributed by atoms with Gasteiger partial charge < -0.3 is 14.2 Å². The third kappa shape index (κ3) is 48.0. The number of carbonyl (C=O) groups excluding carboxylic acids is 3. The van der Waals surface area contributed by atoms with Gasteiger partial charge in [0.15, 0.2) is 6.10 Å². The average molecular weight is 853 g/mol. The van der Waals surface area contributed by atoms with E-state index in [9.17, 15) is 14.4 Å². The molecule has 61 heavy (non-hydrogen) atoms. The van der Waals surface area contributed by atoms with Crippen molar-refractivity contribution in [3.8, 4) is 0 Å². The molecule has 0 rings (SSSR count). The van der Waals surface area contributed by atoms with Crippen LogP contribution in [0.4, 0.5) is 0 Å². The van der Waals surface area contributed by atoms with Gasteiger partial charge in [0.05, 0.1) is 0 Å². The van der Waals surface area contributed by atoms with Crippen LogP contribution >= 0.6 is 0 Å². The van der Waals surface area contributed by atoms with E-state index in [0.29, 0.717) is 19.3 Å². The van der Waals surface area contributed by atoms with Crippen molar-refractivity contribution in [1.29, 1.82) is 0 Å². The highest BCUT2D eigenvalue weighted by Crippen LogP contribution is 2.14. The first-order chi connectivity index (χ1) is 30.0. The lowest BCUT2D eigenvalue weighted by atomic mass is 10.1. The minimum atomic E-state index is -0.794. The second-order valence-electron chi connectivity index (χ2n) is 17.1. The lowest BCUT2D eigenvalue weighted by molar-refractivity contribution is -0.167. The summed E-state index contributed by atoms with van der Waals surface area (Å²) in [5, 5.41) is 0. The number of hydrogen-bond donors (Lipinski definition) is 0. The Balaban J connectivity index is 4.43. The molecule has 0 aliphatic rings. The van der Waals surface area contributed by atoms with E-state index in [1.54, 1.807) is 0 Å². The first-order valence-electron chi connectivity index (χ1n) is 25.8. The number of rotatable bonds is 46. The van der Waals surface area contributed by atoms with E-state index < -0.39 is 6.10 Å². The van der Waals surface area contributed by atoms with Gasteiger partial charge in [-0.1, -0.05) is 204 Å². The van der Waals surface area contributed by atoms with E-state index in [4.69, 9.17) is 14.2 Å². The maximum Gasteiger partial charge on any atom is 0.306 e. The van der Waals surface area contributed by atoms with Crippen molar-refractivity contribution in [3.05, 3.63) is 60.8 Å². The van der Waals surface area contributed by atoms with Gasteiger partial charge in [-0.15, -0.1) is 0 Å². The van der Waals surface area contributed by atoms with Crippen LogP contribution in [0.3, 0.4) is 0 Å². The van der Waals surface area contributed by atoms with Gasteiger partial charge in [-0.2, -0.15) is 0 Å². The SMILES string of the molecule is CCCCC/C=C\C/C=C\C/C=C\CCCCC(=O)O[C@@H](COC(=O)CCCCCCCCC/C=C\C/C=C\CCCCC)COC(=O)CCCCCCCCCCCCC. The summed E-state index contributed by atoms with van der Waals surface area (Å²) < 4.78 is 16.7. The Kier molecular flexibility index (Phi) is 47.4. The Labute approximate surface area is 377 Å². The van der Waals surface area contributed by atoms with Crippen molar-refractivity contribution >= 4 is 17.9 Å². The minimum Gasteiger partial charge on any atom is -0.462 e. The van der Waals surface area contributed by atoms with Gasteiger partial charge in [0, 0.05) is 19.3 Å². The third-order valence-electron chi connectivity index (χ3n) is 11.0. The summed E-state index contributed by atoms with van der Waals surface area (Å²) in [4.78, 5) is 37.9. The second kappa shape index (κ2) is 49.8. The van der Waals surface area contributed by atoms with Crippen molar-refractivity contribution in [2.75, 3.05) is 13.2 Å². The summed E-state index contributed by atoms with van der Waals surface area (Å²) in [6.45, 7) is 6.54. The van der Waals surface area contributed by atoms with Crippen molar-refractivity contribution in [3.63, 3.8) is 0 Å². The van der Waals surface area contributed by atoms with Crippen LogP contribution in [0.25, 0.3) is 0 Å². The maximum atomic E-state index is 12.8. The summed E-state index contributed by atoms with van der Waals surface area (Å²) in [6.07, 6.45) is 60.6. The van der Waals surface area contributed by atoms with E-state index in [1.165, 1.54) is 128 Å². The molecular formula is C55H96O6. The van der Waals surface area contributed by atoms with Crippen LogP contribution < -0.4 is 0 Å². The van der Waals surface area contributed by atoms with E-state index in [1.807, 2.05) is 0 Å². The predicted octanol–water partition coefficient (Wildman–Crippen LogP) is 16.9. The van der Waals surface area contributed by atoms with Crippen LogP contribution in [0.1, 0.15) is 252 Å². The Morgan fingerprint density at radius 2 is 0.590 bits per heavy atom. The van der Waals surface area contributed by atoms with Crippen LogP contribution in [-0.4, -0.2) is 37.2 Å². The third-order valence-corrected chi connectivity index (χ3v) is 11.0. The average Bonchev–Trinajstić information content (AvgIpc) is 3.26. The molecule has 0 fully saturated rings. The van der Waals surface area contributed by atoms with Gasteiger partial charge in [-0.25, -0.2) is 0 Å². The molecule has 0 aromatic rings. The van der Waals surface area contributed by atoms with Crippen LogP contribution in [0, 0.1) is 0 Å². The highest BCUT2D eigenvalue weighted by atomic mass is 16.6. The van der Waals surface area contributed by atoms with Crippen LogP contribution in [-0.2, 0) is 28.6 Å². The quantitative estimate of drug-likeness (QED) is 0.0263. The van der Waals surface area contributed by atoms with Crippen LogP contribution in [0.2, 0.25) is 0 Å². The van der Waals surface area contributed by atoms with Crippen molar-refractivity contribution < 1.29 is 28.6 Å². The van der Waals surface area contributed by atoms with E-state index in [0.717, 1.165) is 77.0 Å². The van der Waals surface area contributed by atoms with Gasteiger partial charge in [0.2, 0.25) is 0 Å². The number of esters is 3. The highest BCUT2D eigenvalue weighted by molar-refractivity contribution is 5.71. The smallest absolute Gasteiger partial charge is 0.306 e. The number of ether oxygens (including phenoxy) is 3. The molecule has 0 spiro atoms. The van der Waals surface area contributed by atoms with E-state index in [2.05, 4.69) is 81.5 Å². The summed E-state index contributed by atoms with van der Waals surface area (Å²) in [7, 11) is 0. The zero-order chi connectivity index (χ0) is 44.4. The predicted molar refractivity (Wildman–Crippen MR) is 261 cm³/mol. The summed E-state index contributed by atoms with van der Waals surface area (Å²) in [5.41, 5.74) is 0. The molecule has 0 amide bonds. The molecule has 0 bridgehead atoms. The topological polar surface area (TPSA) is 78.9 Å². The first kappa shape index (κ1) is 58.1. The molecule has 6 nitrogen and oxygen atoms in total. The van der Waals surface area contributed by atoms with Gasteiger partial charge in [-0.3, -0.25) is 14.4 Å². The van der Waals surface area contributed by atoms with Crippen LogP contribution in [0.5, 0.6) is 0 Å². The minimum absolute atomic E-state index is 0.0905. The standard InChI is InChI=1S/C55H96O6/c1-4-7-10-13-16-19-22-24-26-27-29-30-33-36-39-42-45-48-54(57)60-51-52(50-59-53(56)47-44-41-38-35-32-21-18-15-12-9-6-3)61-55(58)49-46-43-40-37-34-31-28-25-23-20-17-14-11-8-5-2/h16-17,19-20,24-26,28,34,37,52H,4-15,18,21-23,27,29-33,35-36,38-51H2,1-3H3/b19-16-,20-17-,26-24-,28-25-,37-34-/t52-/m1/s1. The lowest BCUT2D eigenvalue weighted by Crippen LogP contribution is -2.30. The Morgan fingerprint density at radius 3 is 0.984 bits per heavy atom. The fraction of sp³-hybridized carbons (Fsp3) is 0.764. The van der Waals surface area contributed by atoms with E-state index >= 15 is 0 Å². The zero-order valence-electron chi connectivity index (χ0n) is 40.2. The molecule has 6 heteroatoms. The summed E-state index contributed by atoms with van der Waals surface area (Å²) >= 11 is 0. The number of allylic oxidation sites excluding steroid dienone is 10. The summed E-state index contributed by atoms with van der Waals surface area (Å²) in [5.74, 6) is -0.934. The number of unbranched alkanes of at least 4 members (excludes halogenated alkanes) is 25. The summed E-state index contributed by atoms with van der Waals surface area (Å²) in [6, 6.07) is 0. The molecule has 0 saturated carbocycles. The fourth-order valence-corrected chi connectivity index (χ4v) is 7.07. The Morgan fingerprint density at radius 1 is 0.328 bits per heavy atom. The number of hydrogen-bond acceptors (Lipinski definition) is 6. The highest BCUT2D eigenvalue weighted by Gasteiger charge is 2.19. The van der Waals surface area contributed by atoms with Crippen LogP contribution in [0.15, 0.2) is 60.8 Å². The second-order valence-corrected chi connectivity index (χ2v) is 17.1. The molecule has 0 heterocycles. The van der Waals surface area contributed by atoms with Crippen molar-refractivity contribution in [1.82, 2.24) is 0 Å². The van der Waals surface area contributed by atoms with Crippen molar-refractivity contribution in [2.24, 2.45) is 0 Å². The Bertz CT molecular complexity index is 1120. The monoisotopic (exact) mass is 853 g/mol. The van der Waals surface area contributed by atoms with Gasteiger partial charge >= 0.3 is 17.9 Å². The maximum absolute atomic E-state index is 12.8.